The Morgan fingerprint density at radius 2 is 2.17 bits per heavy atom. The van der Waals surface area contributed by atoms with Crippen LogP contribution in [0.1, 0.15) is 52.4 Å². The fourth-order valence-electron chi connectivity index (χ4n) is 3.03. The summed E-state index contributed by atoms with van der Waals surface area (Å²) in [6.07, 6.45) is 5.73. The van der Waals surface area contributed by atoms with Crippen LogP contribution in [0, 0.1) is 28.6 Å². The molecule has 1 aliphatic heterocycles. The van der Waals surface area contributed by atoms with E-state index in [9.17, 15) is 4.79 Å². The molecule has 1 aliphatic carbocycles. The van der Waals surface area contributed by atoms with Gasteiger partial charge in [-0.15, -0.1) is 0 Å². The van der Waals surface area contributed by atoms with E-state index in [-0.39, 0.29) is 5.41 Å². The molecular weight excluding hydrogens is 224 g/mol. The summed E-state index contributed by atoms with van der Waals surface area (Å²) in [5.41, 5.74) is 0.155. The van der Waals surface area contributed by atoms with Crippen molar-refractivity contribution < 1.29 is 4.79 Å². The molecule has 0 radical (unpaired) electrons. The number of carbonyl (C=O) groups is 1. The van der Waals surface area contributed by atoms with Crippen LogP contribution < -0.4 is 0 Å². The first-order chi connectivity index (χ1) is 8.56. The van der Waals surface area contributed by atoms with Crippen molar-refractivity contribution >= 4 is 5.91 Å². The topological polar surface area (TPSA) is 44.1 Å². The van der Waals surface area contributed by atoms with E-state index in [4.69, 9.17) is 5.26 Å². The Morgan fingerprint density at radius 3 is 2.72 bits per heavy atom. The van der Waals surface area contributed by atoms with Crippen LogP contribution in [0.2, 0.25) is 0 Å². The van der Waals surface area contributed by atoms with Gasteiger partial charge >= 0.3 is 0 Å². The van der Waals surface area contributed by atoms with Crippen molar-refractivity contribution in [2.75, 3.05) is 13.1 Å². The van der Waals surface area contributed by atoms with Gasteiger partial charge in [0, 0.05) is 31.3 Å². The molecule has 2 rings (SSSR count). The van der Waals surface area contributed by atoms with Gasteiger partial charge in [-0.25, -0.2) is 0 Å². The number of nitrogens with zero attached hydrogens (tertiary/aromatic N) is 2. The number of amides is 1. The lowest BCUT2D eigenvalue weighted by molar-refractivity contribution is -0.131. The zero-order chi connectivity index (χ0) is 13.2. The minimum Gasteiger partial charge on any atom is -0.342 e. The molecule has 100 valence electrons. The highest BCUT2D eigenvalue weighted by atomic mass is 16.2. The van der Waals surface area contributed by atoms with Crippen molar-refractivity contribution in [1.29, 1.82) is 5.26 Å². The minimum atomic E-state index is 0.155. The van der Waals surface area contributed by atoms with Gasteiger partial charge in [0.15, 0.2) is 0 Å². The summed E-state index contributed by atoms with van der Waals surface area (Å²) in [4.78, 5) is 14.2. The van der Waals surface area contributed by atoms with Gasteiger partial charge in [0.05, 0.1) is 6.07 Å². The first kappa shape index (κ1) is 13.4. The second-order valence-electron chi connectivity index (χ2n) is 6.48. The van der Waals surface area contributed by atoms with Crippen molar-refractivity contribution in [3.8, 4) is 6.07 Å². The third-order valence-corrected chi connectivity index (χ3v) is 4.73. The van der Waals surface area contributed by atoms with E-state index >= 15 is 0 Å². The van der Waals surface area contributed by atoms with Crippen LogP contribution >= 0.6 is 0 Å². The van der Waals surface area contributed by atoms with Crippen LogP contribution in [0.3, 0.4) is 0 Å². The van der Waals surface area contributed by atoms with Gasteiger partial charge in [-0.3, -0.25) is 4.79 Å². The molecule has 1 saturated heterocycles. The van der Waals surface area contributed by atoms with Gasteiger partial charge in [-0.2, -0.15) is 5.26 Å². The zero-order valence-electron chi connectivity index (χ0n) is 11.6. The fourth-order valence-corrected chi connectivity index (χ4v) is 3.03. The van der Waals surface area contributed by atoms with Crippen molar-refractivity contribution in [2.24, 2.45) is 17.3 Å². The molecule has 3 heteroatoms. The molecule has 1 unspecified atom stereocenters. The molecular formula is C15H24N2O. The van der Waals surface area contributed by atoms with Crippen molar-refractivity contribution in [2.45, 2.75) is 52.4 Å². The average molecular weight is 248 g/mol. The Balaban J connectivity index is 1.93. The zero-order valence-corrected chi connectivity index (χ0v) is 11.6. The third-order valence-electron chi connectivity index (χ3n) is 4.73. The first-order valence-electron chi connectivity index (χ1n) is 7.21. The Morgan fingerprint density at radius 1 is 1.44 bits per heavy atom. The highest BCUT2D eigenvalue weighted by Crippen LogP contribution is 2.49. The average Bonchev–Trinajstić information content (AvgIpc) is 3.08. The van der Waals surface area contributed by atoms with Crippen molar-refractivity contribution in [3.63, 3.8) is 0 Å². The van der Waals surface area contributed by atoms with E-state index in [2.05, 4.69) is 19.9 Å². The Hall–Kier alpha value is -1.04. The SMILES string of the molecule is CC(C)C1CCC(=O)N(CC2(CC#N)CC2)CC1. The predicted molar refractivity (Wildman–Crippen MR) is 70.7 cm³/mol. The maximum atomic E-state index is 12.1. The smallest absolute Gasteiger partial charge is 0.222 e. The number of nitriles is 1. The Kier molecular flexibility index (Phi) is 3.94. The summed E-state index contributed by atoms with van der Waals surface area (Å²) in [6.45, 7) is 6.23. The maximum absolute atomic E-state index is 12.1. The standard InChI is InChI=1S/C15H24N2O/c1-12(2)13-3-4-14(18)17(10-5-13)11-15(6-7-15)8-9-16/h12-13H,3-8,10-11H2,1-2H3. The fraction of sp³-hybridized carbons (Fsp3) is 0.867. The highest BCUT2D eigenvalue weighted by Gasteiger charge is 2.44. The molecule has 3 nitrogen and oxygen atoms in total. The molecule has 0 bridgehead atoms. The lowest BCUT2D eigenvalue weighted by Crippen LogP contribution is -2.35. The second kappa shape index (κ2) is 5.30. The van der Waals surface area contributed by atoms with E-state index in [0.29, 0.717) is 30.6 Å². The monoisotopic (exact) mass is 248 g/mol. The summed E-state index contributed by atoms with van der Waals surface area (Å²) in [7, 11) is 0. The molecule has 1 heterocycles. The summed E-state index contributed by atoms with van der Waals surface area (Å²) in [5, 5.41) is 8.85. The van der Waals surface area contributed by atoms with Gasteiger partial charge in [0.25, 0.3) is 0 Å². The van der Waals surface area contributed by atoms with E-state index in [1.165, 1.54) is 0 Å². The molecule has 0 spiro atoms. The molecule has 1 atom stereocenters. The normalized spacial score (nSPS) is 26.9. The van der Waals surface area contributed by atoms with E-state index in [1.54, 1.807) is 0 Å². The molecule has 2 fully saturated rings. The van der Waals surface area contributed by atoms with Gasteiger partial charge in [0.2, 0.25) is 5.91 Å². The summed E-state index contributed by atoms with van der Waals surface area (Å²) in [5.74, 6) is 1.67. The van der Waals surface area contributed by atoms with Gasteiger partial charge < -0.3 is 4.90 Å². The van der Waals surface area contributed by atoms with E-state index < -0.39 is 0 Å². The Labute approximate surface area is 110 Å². The predicted octanol–water partition coefficient (Wildman–Crippen LogP) is 2.96. The van der Waals surface area contributed by atoms with Crippen LogP contribution in [0.5, 0.6) is 0 Å². The molecule has 18 heavy (non-hydrogen) atoms. The first-order valence-corrected chi connectivity index (χ1v) is 7.21. The molecule has 0 aromatic heterocycles. The highest BCUT2D eigenvalue weighted by molar-refractivity contribution is 5.76. The lowest BCUT2D eigenvalue weighted by atomic mass is 9.89. The molecule has 0 aromatic carbocycles. The van der Waals surface area contributed by atoms with Crippen LogP contribution in [0.25, 0.3) is 0 Å². The quantitative estimate of drug-likeness (QED) is 0.767. The molecule has 0 aromatic rings. The van der Waals surface area contributed by atoms with Crippen LogP contribution in [0.15, 0.2) is 0 Å². The number of carbonyl (C=O) groups excluding carboxylic acids is 1. The number of hydrogen-bond acceptors (Lipinski definition) is 2. The van der Waals surface area contributed by atoms with Gasteiger partial charge in [0.1, 0.15) is 0 Å². The van der Waals surface area contributed by atoms with Crippen LogP contribution in [-0.2, 0) is 4.79 Å². The molecule has 1 amide bonds. The number of likely N-dealkylation sites (tertiary alicyclic amines) is 1. The van der Waals surface area contributed by atoms with Crippen molar-refractivity contribution in [1.82, 2.24) is 4.90 Å². The lowest BCUT2D eigenvalue weighted by Gasteiger charge is -2.25. The van der Waals surface area contributed by atoms with Crippen LogP contribution in [0.4, 0.5) is 0 Å². The second-order valence-corrected chi connectivity index (χ2v) is 6.48. The molecule has 0 N–H and O–H groups in total. The molecule has 2 aliphatic rings. The van der Waals surface area contributed by atoms with Gasteiger partial charge in [-0.05, 0) is 37.5 Å². The van der Waals surface area contributed by atoms with E-state index in [0.717, 1.165) is 38.8 Å². The van der Waals surface area contributed by atoms with Crippen LogP contribution in [-0.4, -0.2) is 23.9 Å². The minimum absolute atomic E-state index is 0.155. The van der Waals surface area contributed by atoms with Gasteiger partial charge in [-0.1, -0.05) is 13.8 Å². The third kappa shape index (κ3) is 3.04. The largest absolute Gasteiger partial charge is 0.342 e. The summed E-state index contributed by atoms with van der Waals surface area (Å²) >= 11 is 0. The maximum Gasteiger partial charge on any atom is 0.222 e. The Bertz CT molecular complexity index is 352. The summed E-state index contributed by atoms with van der Waals surface area (Å²) in [6, 6.07) is 2.28. The van der Waals surface area contributed by atoms with Crippen molar-refractivity contribution in [3.05, 3.63) is 0 Å². The number of hydrogen-bond donors (Lipinski definition) is 0. The summed E-state index contributed by atoms with van der Waals surface area (Å²) < 4.78 is 0. The molecule has 1 saturated carbocycles. The van der Waals surface area contributed by atoms with E-state index in [1.807, 2.05) is 4.90 Å². The number of rotatable bonds is 4.